The third-order valence-corrected chi connectivity index (χ3v) is 5.55. The first-order valence-corrected chi connectivity index (χ1v) is 10.7. The monoisotopic (exact) mass is 466 g/mol. The molecule has 5 rings (SSSR count). The number of amides is 1. The summed E-state index contributed by atoms with van der Waals surface area (Å²) in [6, 6.07) is 23.7. The minimum atomic E-state index is -0.476. The molecule has 0 atom stereocenters. The number of hydrogen-bond donors (Lipinski definition) is 1. The zero-order chi connectivity index (χ0) is 24.4. The van der Waals surface area contributed by atoms with Gasteiger partial charge in [0.25, 0.3) is 11.6 Å². The van der Waals surface area contributed by atoms with Crippen molar-refractivity contribution in [2.75, 3.05) is 0 Å². The molecule has 172 valence electrons. The fraction of sp³-hybridized carbons (Fsp3) is 0.0385. The molecule has 0 saturated carbocycles. The fourth-order valence-corrected chi connectivity index (χ4v) is 4.00. The maximum atomic E-state index is 12.8. The molecule has 0 bridgehead atoms. The van der Waals surface area contributed by atoms with Crippen LogP contribution < -0.4 is 10.9 Å². The molecule has 0 aliphatic heterocycles. The largest absolute Gasteiger partial charge is 0.455 e. The van der Waals surface area contributed by atoms with E-state index >= 15 is 0 Å². The number of nitro groups is 1. The molecule has 35 heavy (non-hydrogen) atoms. The van der Waals surface area contributed by atoms with Gasteiger partial charge in [-0.2, -0.15) is 5.10 Å². The highest BCUT2D eigenvalue weighted by Crippen LogP contribution is 2.30. The van der Waals surface area contributed by atoms with Crippen LogP contribution in [0.15, 0.2) is 99.2 Å². The molecule has 5 aromatic rings. The first kappa shape index (κ1) is 21.8. The number of hydrogen-bond acceptors (Lipinski definition) is 6. The normalized spacial score (nSPS) is 11.3. The number of para-hydroxylation sites is 3. The number of rotatable bonds is 6. The summed E-state index contributed by atoms with van der Waals surface area (Å²) in [7, 11) is 0. The van der Waals surface area contributed by atoms with E-state index in [1.54, 1.807) is 71.3 Å². The maximum absolute atomic E-state index is 12.8. The Balaban J connectivity index is 1.36. The number of fused-ring (bicyclic) bond motifs is 2. The second kappa shape index (κ2) is 9.06. The lowest BCUT2D eigenvalue weighted by Gasteiger charge is -2.14. The first-order valence-electron chi connectivity index (χ1n) is 10.7. The van der Waals surface area contributed by atoms with Gasteiger partial charge in [0.15, 0.2) is 5.43 Å². The molecule has 0 saturated heterocycles. The van der Waals surface area contributed by atoms with Crippen LogP contribution in [0.2, 0.25) is 0 Å². The van der Waals surface area contributed by atoms with Gasteiger partial charge in [-0.05, 0) is 42.5 Å². The van der Waals surface area contributed by atoms with Crippen LogP contribution in [0.25, 0.3) is 33.1 Å². The van der Waals surface area contributed by atoms with E-state index in [2.05, 4.69) is 10.5 Å². The molecule has 0 spiro atoms. The van der Waals surface area contributed by atoms with Crippen molar-refractivity contribution in [3.63, 3.8) is 0 Å². The van der Waals surface area contributed by atoms with Gasteiger partial charge < -0.3 is 8.98 Å². The van der Waals surface area contributed by atoms with Gasteiger partial charge in [-0.25, -0.2) is 5.43 Å². The third-order valence-electron chi connectivity index (χ3n) is 5.55. The minimum Gasteiger partial charge on any atom is -0.455 e. The topological polar surface area (TPSA) is 120 Å². The van der Waals surface area contributed by atoms with Gasteiger partial charge in [-0.1, -0.05) is 36.4 Å². The number of aromatic nitrogens is 1. The number of nitro benzene ring substituents is 1. The van der Waals surface area contributed by atoms with Crippen molar-refractivity contribution in [3.8, 4) is 11.3 Å². The number of carbonyl (C=O) groups is 1. The van der Waals surface area contributed by atoms with Crippen molar-refractivity contribution in [3.05, 3.63) is 111 Å². The lowest BCUT2D eigenvalue weighted by molar-refractivity contribution is -0.384. The Kier molecular flexibility index (Phi) is 5.64. The van der Waals surface area contributed by atoms with E-state index in [1.807, 2.05) is 12.1 Å². The molecule has 1 N–H and O–H groups in total. The van der Waals surface area contributed by atoms with Crippen LogP contribution in [-0.2, 0) is 11.3 Å². The quantitative estimate of drug-likeness (QED) is 0.171. The lowest BCUT2D eigenvalue weighted by Crippen LogP contribution is -2.25. The Bertz CT molecular complexity index is 1620. The van der Waals surface area contributed by atoms with Crippen LogP contribution >= 0.6 is 0 Å². The predicted molar refractivity (Wildman–Crippen MR) is 132 cm³/mol. The zero-order valence-corrected chi connectivity index (χ0v) is 18.3. The fourth-order valence-electron chi connectivity index (χ4n) is 4.00. The van der Waals surface area contributed by atoms with Crippen molar-refractivity contribution in [1.82, 2.24) is 9.99 Å². The second-order valence-electron chi connectivity index (χ2n) is 7.72. The van der Waals surface area contributed by atoms with Gasteiger partial charge in [0.1, 0.15) is 18.1 Å². The van der Waals surface area contributed by atoms with Crippen LogP contribution in [0.5, 0.6) is 0 Å². The highest BCUT2D eigenvalue weighted by Gasteiger charge is 2.17. The Morgan fingerprint density at radius 3 is 2.26 bits per heavy atom. The second-order valence-corrected chi connectivity index (χ2v) is 7.72. The van der Waals surface area contributed by atoms with Crippen LogP contribution in [0.3, 0.4) is 0 Å². The molecular weight excluding hydrogens is 448 g/mol. The molecular formula is C26H18N4O5. The molecule has 9 heteroatoms. The van der Waals surface area contributed by atoms with Gasteiger partial charge in [-0.3, -0.25) is 19.7 Å². The molecule has 3 aromatic carbocycles. The van der Waals surface area contributed by atoms with Gasteiger partial charge in [0.05, 0.1) is 27.7 Å². The lowest BCUT2D eigenvalue weighted by atomic mass is 10.1. The average molecular weight is 466 g/mol. The van der Waals surface area contributed by atoms with E-state index in [0.717, 1.165) is 0 Å². The summed E-state index contributed by atoms with van der Waals surface area (Å²) >= 11 is 0. The molecule has 1 amide bonds. The summed E-state index contributed by atoms with van der Waals surface area (Å²) in [5.74, 6) is 0.236. The van der Waals surface area contributed by atoms with Crippen molar-refractivity contribution in [2.24, 2.45) is 5.10 Å². The summed E-state index contributed by atoms with van der Waals surface area (Å²) in [5, 5.41) is 16.3. The highest BCUT2D eigenvalue weighted by molar-refractivity contribution is 5.95. The zero-order valence-electron chi connectivity index (χ0n) is 18.3. The first-order chi connectivity index (χ1) is 17.0. The van der Waals surface area contributed by atoms with E-state index in [9.17, 15) is 19.7 Å². The summed E-state index contributed by atoms with van der Waals surface area (Å²) in [5.41, 5.74) is 3.95. The number of carbonyl (C=O) groups excluding carboxylic acids is 1. The average Bonchev–Trinajstić information content (AvgIpc) is 3.35. The van der Waals surface area contributed by atoms with E-state index in [4.69, 9.17) is 4.42 Å². The number of nitrogens with zero attached hydrogens (tertiary/aromatic N) is 3. The Hall–Kier alpha value is -5.05. The molecule has 2 heterocycles. The standard InChI is InChI=1S/C26H18N4O5/c31-25(16-29-21-10-4-2-8-19(21)26(32)20-9-3-5-11-22(20)29)28-27-15-17-13-14-24(35-17)18-7-1-6-12-23(18)30(33)34/h1-15H,16H2,(H,28,31)/b27-15+. The third kappa shape index (κ3) is 4.18. The van der Waals surface area contributed by atoms with Crippen molar-refractivity contribution >= 4 is 39.6 Å². The number of nitrogens with one attached hydrogen (secondary N) is 1. The number of pyridine rings is 1. The molecule has 0 aliphatic carbocycles. The van der Waals surface area contributed by atoms with Gasteiger partial charge in [0.2, 0.25) is 0 Å². The van der Waals surface area contributed by atoms with Gasteiger partial charge >= 0.3 is 0 Å². The summed E-state index contributed by atoms with van der Waals surface area (Å²) in [4.78, 5) is 36.3. The SMILES string of the molecule is O=C(Cn1c2ccccc2c(=O)c2ccccc21)N/N=C/c1ccc(-c2ccccc2[N+](=O)[O-])o1. The van der Waals surface area contributed by atoms with Gasteiger partial charge in [-0.15, -0.1) is 0 Å². The molecule has 0 aliphatic rings. The number of benzene rings is 3. The van der Waals surface area contributed by atoms with Crippen LogP contribution in [0, 0.1) is 10.1 Å². The Morgan fingerprint density at radius 2 is 1.57 bits per heavy atom. The predicted octanol–water partition coefficient (Wildman–Crippen LogP) is 4.47. The van der Waals surface area contributed by atoms with E-state index in [0.29, 0.717) is 38.9 Å². The van der Waals surface area contributed by atoms with Crippen LogP contribution in [-0.4, -0.2) is 21.6 Å². The smallest absolute Gasteiger partial charge is 0.280 e. The van der Waals surface area contributed by atoms with Crippen molar-refractivity contribution in [2.45, 2.75) is 6.54 Å². The molecule has 2 aromatic heterocycles. The van der Waals surface area contributed by atoms with Crippen LogP contribution in [0.1, 0.15) is 5.76 Å². The Labute approximate surface area is 198 Å². The summed E-state index contributed by atoms with van der Waals surface area (Å²) in [6.07, 6.45) is 1.32. The molecule has 9 nitrogen and oxygen atoms in total. The minimum absolute atomic E-state index is 0.0573. The Morgan fingerprint density at radius 1 is 0.943 bits per heavy atom. The van der Waals surface area contributed by atoms with E-state index in [-0.39, 0.29) is 17.7 Å². The summed E-state index contributed by atoms with van der Waals surface area (Å²) < 4.78 is 7.42. The van der Waals surface area contributed by atoms with Crippen molar-refractivity contribution in [1.29, 1.82) is 0 Å². The number of hydrazone groups is 1. The molecule has 0 radical (unpaired) electrons. The van der Waals surface area contributed by atoms with E-state index < -0.39 is 10.8 Å². The maximum Gasteiger partial charge on any atom is 0.280 e. The van der Waals surface area contributed by atoms with E-state index in [1.165, 1.54) is 12.3 Å². The summed E-state index contributed by atoms with van der Waals surface area (Å²) in [6.45, 7) is -0.0573. The molecule has 0 unspecified atom stereocenters. The van der Waals surface area contributed by atoms with Crippen LogP contribution in [0.4, 0.5) is 5.69 Å². The molecule has 0 fully saturated rings. The highest BCUT2D eigenvalue weighted by atomic mass is 16.6. The number of furan rings is 1. The van der Waals surface area contributed by atoms with Gasteiger partial charge in [0, 0.05) is 16.8 Å². The van der Waals surface area contributed by atoms with Crippen molar-refractivity contribution < 1.29 is 14.1 Å².